The predicted octanol–water partition coefficient (Wildman–Crippen LogP) is 4.83. The van der Waals surface area contributed by atoms with Crippen LogP contribution in [0.25, 0.3) is 10.9 Å². The van der Waals surface area contributed by atoms with E-state index in [9.17, 15) is 14.4 Å². The summed E-state index contributed by atoms with van der Waals surface area (Å²) in [6.07, 6.45) is 1.57. The second kappa shape index (κ2) is 6.71. The molecule has 6 nitrogen and oxygen atoms in total. The first-order valence-corrected chi connectivity index (χ1v) is 9.84. The molecule has 0 bridgehead atoms. The number of nitrogens with zero attached hydrogens (tertiary/aromatic N) is 1. The highest BCUT2D eigenvalue weighted by Gasteiger charge is 2.66. The third-order valence-electron chi connectivity index (χ3n) is 5.06. The van der Waals surface area contributed by atoms with Gasteiger partial charge in [-0.2, -0.15) is 0 Å². The molecule has 0 unspecified atom stereocenters. The van der Waals surface area contributed by atoms with Crippen LogP contribution >= 0.6 is 0 Å². The van der Waals surface area contributed by atoms with E-state index in [0.717, 1.165) is 10.9 Å². The van der Waals surface area contributed by atoms with Crippen molar-refractivity contribution in [3.05, 3.63) is 36.0 Å². The zero-order chi connectivity index (χ0) is 21.8. The number of benzene rings is 1. The third-order valence-corrected chi connectivity index (χ3v) is 5.06. The number of ketones is 1. The number of carbonyl (C=O) groups is 3. The Morgan fingerprint density at radius 1 is 1.00 bits per heavy atom. The first-order chi connectivity index (χ1) is 13.3. The van der Waals surface area contributed by atoms with Crippen molar-refractivity contribution in [2.75, 3.05) is 0 Å². The monoisotopic (exact) mass is 399 g/mol. The summed E-state index contributed by atoms with van der Waals surface area (Å²) in [6, 6.07) is 7.43. The fourth-order valence-electron chi connectivity index (χ4n) is 3.71. The fraction of sp³-hybridized carbons (Fsp3) is 0.522. The Morgan fingerprint density at radius 2 is 1.59 bits per heavy atom. The molecule has 0 N–H and O–H groups in total. The summed E-state index contributed by atoms with van der Waals surface area (Å²) in [5.74, 6) is -1.05. The maximum atomic E-state index is 12.9. The summed E-state index contributed by atoms with van der Waals surface area (Å²) < 4.78 is 12.5. The maximum Gasteiger partial charge on any atom is 0.419 e. The molecule has 29 heavy (non-hydrogen) atoms. The van der Waals surface area contributed by atoms with Gasteiger partial charge >= 0.3 is 12.1 Å². The quantitative estimate of drug-likeness (QED) is 0.546. The number of ether oxygens (including phenoxy) is 2. The smallest absolute Gasteiger partial charge is 0.419 e. The minimum Gasteiger partial charge on any atom is -0.459 e. The van der Waals surface area contributed by atoms with Crippen molar-refractivity contribution in [3.8, 4) is 0 Å². The molecule has 156 valence electrons. The van der Waals surface area contributed by atoms with Crippen LogP contribution in [0.2, 0.25) is 0 Å². The van der Waals surface area contributed by atoms with Crippen LogP contribution in [0.15, 0.2) is 30.5 Å². The molecule has 0 radical (unpaired) electrons. The van der Waals surface area contributed by atoms with E-state index in [1.54, 1.807) is 27.0 Å². The van der Waals surface area contributed by atoms with Gasteiger partial charge < -0.3 is 9.47 Å². The van der Waals surface area contributed by atoms with Crippen molar-refractivity contribution in [1.82, 2.24) is 4.57 Å². The lowest BCUT2D eigenvalue weighted by atomic mass is 9.94. The summed E-state index contributed by atoms with van der Waals surface area (Å²) in [5, 5.41) is 0.829. The minimum absolute atomic E-state index is 0.217. The number of carbonyl (C=O) groups excluding carboxylic acids is 3. The summed E-state index contributed by atoms with van der Waals surface area (Å²) >= 11 is 0. The van der Waals surface area contributed by atoms with E-state index in [1.165, 1.54) is 11.5 Å². The first kappa shape index (κ1) is 21.1. The molecule has 2 atom stereocenters. The maximum absolute atomic E-state index is 12.9. The van der Waals surface area contributed by atoms with E-state index in [2.05, 4.69) is 0 Å². The molecule has 1 saturated carbocycles. The zero-order valence-corrected chi connectivity index (χ0v) is 18.2. The van der Waals surface area contributed by atoms with Crippen molar-refractivity contribution >= 4 is 28.7 Å². The van der Waals surface area contributed by atoms with Gasteiger partial charge in [0.1, 0.15) is 22.4 Å². The number of aromatic nitrogens is 1. The van der Waals surface area contributed by atoms with Gasteiger partial charge in [0.25, 0.3) is 0 Å². The van der Waals surface area contributed by atoms with Crippen LogP contribution in [0.1, 0.15) is 66.4 Å². The Hall–Kier alpha value is -2.63. The van der Waals surface area contributed by atoms with Gasteiger partial charge in [0.2, 0.25) is 0 Å². The lowest BCUT2D eigenvalue weighted by molar-refractivity contribution is -0.164. The molecular weight excluding hydrogens is 370 g/mol. The summed E-state index contributed by atoms with van der Waals surface area (Å²) in [5.41, 5.74) is -1.05. The average Bonchev–Trinajstić information content (AvgIpc) is 3.20. The van der Waals surface area contributed by atoms with E-state index >= 15 is 0 Å². The van der Waals surface area contributed by atoms with Crippen LogP contribution < -0.4 is 0 Å². The molecule has 1 aliphatic rings. The normalized spacial score (nSPS) is 21.7. The number of rotatable bonds is 3. The number of Topliss-reactive ketones (excluding diaryl/α,β-unsaturated/α-hetero) is 1. The minimum atomic E-state index is -1.20. The number of fused-ring (bicyclic) bond motifs is 1. The molecule has 6 heteroatoms. The molecule has 0 amide bonds. The van der Waals surface area contributed by atoms with Crippen molar-refractivity contribution in [1.29, 1.82) is 0 Å². The second-order valence-electron chi connectivity index (χ2n) is 9.74. The molecule has 1 heterocycles. The Balaban J connectivity index is 2.04. The Morgan fingerprint density at radius 3 is 2.14 bits per heavy atom. The Kier molecular flexibility index (Phi) is 4.88. The lowest BCUT2D eigenvalue weighted by Gasteiger charge is -2.23. The highest BCUT2D eigenvalue weighted by molar-refractivity contribution is 6.08. The summed E-state index contributed by atoms with van der Waals surface area (Å²) in [4.78, 5) is 38.1. The van der Waals surface area contributed by atoms with E-state index < -0.39 is 28.7 Å². The SMILES string of the molecule is CC(=O)[C@@]1(C(=O)OC(C)(C)C)C[C@H]1c1cn(C(=O)OC(C)(C)C)c2ccccc12. The largest absolute Gasteiger partial charge is 0.459 e. The van der Waals surface area contributed by atoms with Crippen molar-refractivity contribution in [2.24, 2.45) is 5.41 Å². The molecule has 1 aromatic heterocycles. The lowest BCUT2D eigenvalue weighted by Crippen LogP contribution is -2.34. The van der Waals surface area contributed by atoms with E-state index in [0.29, 0.717) is 11.9 Å². The van der Waals surface area contributed by atoms with Crippen molar-refractivity contribution < 1.29 is 23.9 Å². The summed E-state index contributed by atoms with van der Waals surface area (Å²) in [7, 11) is 0. The Bertz CT molecular complexity index is 989. The van der Waals surface area contributed by atoms with E-state index in [4.69, 9.17) is 9.47 Å². The van der Waals surface area contributed by atoms with E-state index in [1.807, 2.05) is 45.0 Å². The third kappa shape index (κ3) is 3.93. The van der Waals surface area contributed by atoms with Crippen LogP contribution in [0.3, 0.4) is 0 Å². The number of esters is 1. The van der Waals surface area contributed by atoms with Crippen molar-refractivity contribution in [3.63, 3.8) is 0 Å². The van der Waals surface area contributed by atoms with Crippen LogP contribution in [0.4, 0.5) is 4.79 Å². The number of para-hydroxylation sites is 1. The summed E-state index contributed by atoms with van der Waals surface area (Å²) in [6.45, 7) is 12.2. The molecule has 3 rings (SSSR count). The number of hydrogen-bond acceptors (Lipinski definition) is 5. The fourth-order valence-corrected chi connectivity index (χ4v) is 3.71. The molecule has 0 spiro atoms. The highest BCUT2D eigenvalue weighted by Crippen LogP contribution is 2.62. The van der Waals surface area contributed by atoms with Crippen molar-refractivity contribution in [2.45, 2.75) is 72.0 Å². The van der Waals surface area contributed by atoms with Crippen LogP contribution in [0.5, 0.6) is 0 Å². The van der Waals surface area contributed by atoms with Crippen LogP contribution in [-0.2, 0) is 19.1 Å². The molecule has 0 aliphatic heterocycles. The van der Waals surface area contributed by atoms with Gasteiger partial charge in [-0.1, -0.05) is 18.2 Å². The molecule has 1 aliphatic carbocycles. The van der Waals surface area contributed by atoms with Gasteiger partial charge in [-0.05, 0) is 66.5 Å². The first-order valence-electron chi connectivity index (χ1n) is 9.84. The molecule has 1 aromatic carbocycles. The zero-order valence-electron chi connectivity index (χ0n) is 18.2. The van der Waals surface area contributed by atoms with Gasteiger partial charge in [-0.3, -0.25) is 14.2 Å². The van der Waals surface area contributed by atoms with Gasteiger partial charge in [0, 0.05) is 17.5 Å². The molecule has 1 fully saturated rings. The van der Waals surface area contributed by atoms with Gasteiger partial charge in [-0.25, -0.2) is 4.79 Å². The second-order valence-corrected chi connectivity index (χ2v) is 9.74. The van der Waals surface area contributed by atoms with Gasteiger partial charge in [-0.15, -0.1) is 0 Å². The Labute approximate surface area is 171 Å². The average molecular weight is 399 g/mol. The molecule has 2 aromatic rings. The van der Waals surface area contributed by atoms with Crippen LogP contribution in [-0.4, -0.2) is 33.6 Å². The highest BCUT2D eigenvalue weighted by atomic mass is 16.6. The van der Waals surface area contributed by atoms with Gasteiger partial charge in [0.15, 0.2) is 0 Å². The predicted molar refractivity (Wildman–Crippen MR) is 110 cm³/mol. The topological polar surface area (TPSA) is 74.6 Å². The standard InChI is InChI=1S/C23H29NO5/c1-14(25)23(19(26)28-21(2,3)4)12-17(23)16-13-24(20(27)29-22(5,6)7)18-11-9-8-10-15(16)18/h8-11,13,17H,12H2,1-7H3/t17-,23-/m0/s1. The number of hydrogen-bond donors (Lipinski definition) is 0. The van der Waals surface area contributed by atoms with Gasteiger partial charge in [0.05, 0.1) is 5.52 Å². The molecular formula is C23H29NO5. The van der Waals surface area contributed by atoms with Crippen LogP contribution in [0, 0.1) is 5.41 Å². The van der Waals surface area contributed by atoms with E-state index in [-0.39, 0.29) is 11.7 Å². The molecule has 0 saturated heterocycles.